The molecule has 0 spiro atoms. The number of hydrogen-bond donors (Lipinski definition) is 1. The van der Waals surface area contributed by atoms with Crippen molar-refractivity contribution >= 4 is 30.5 Å². The van der Waals surface area contributed by atoms with Crippen LogP contribution in [0.5, 0.6) is 0 Å². The van der Waals surface area contributed by atoms with Crippen LogP contribution in [-0.2, 0) is 0 Å². The zero-order valence-corrected chi connectivity index (χ0v) is 8.39. The van der Waals surface area contributed by atoms with E-state index in [1.54, 1.807) is 13.7 Å². The van der Waals surface area contributed by atoms with Gasteiger partial charge in [-0.3, -0.25) is 0 Å². The minimum absolute atomic E-state index is 0.173. The summed E-state index contributed by atoms with van der Waals surface area (Å²) in [5.74, 6) is 0. The van der Waals surface area contributed by atoms with E-state index in [2.05, 4.69) is 12.2 Å². The van der Waals surface area contributed by atoms with Crippen LogP contribution in [0.2, 0.25) is 0 Å². The number of amides is 3. The lowest BCUT2D eigenvalue weighted by Crippen LogP contribution is -2.26. The van der Waals surface area contributed by atoms with Gasteiger partial charge in [0, 0.05) is 26.3 Å². The molecule has 0 bridgehead atoms. The largest absolute Gasteiger partial charge is 0.403 e. The van der Waals surface area contributed by atoms with Gasteiger partial charge >= 0.3 is 11.7 Å². The Hall–Kier alpha value is -0.280. The minimum atomic E-state index is -2.12. The van der Waals surface area contributed by atoms with E-state index >= 15 is 0 Å². The summed E-state index contributed by atoms with van der Waals surface area (Å²) in [4.78, 5) is 23.5. The van der Waals surface area contributed by atoms with Crippen LogP contribution in [0.25, 0.3) is 0 Å². The molecule has 1 saturated heterocycles. The highest BCUT2D eigenvalue weighted by Crippen LogP contribution is 2.67. The van der Waals surface area contributed by atoms with Crippen LogP contribution < -0.4 is 0 Å². The normalized spacial score (nSPS) is 32.0. The topological polar surface area (TPSA) is 40.6 Å². The standard InChI is InChI=1S/C5H10N2O2PS/c1-6-4(8)7(2)10(3,11)5(6)9/h11H,1-3H3/q+1. The molecular formula is C5H10N2O2PS+. The molecule has 3 amide bonds. The SMILES string of the molecule is CN1C(=O)N(C)[P+](C)(S)C1=O. The summed E-state index contributed by atoms with van der Waals surface area (Å²) in [5, 5.41) is 0. The number of carbonyl (C=O) groups is 2. The van der Waals surface area contributed by atoms with Gasteiger partial charge in [-0.2, -0.15) is 4.67 Å². The van der Waals surface area contributed by atoms with Crippen molar-refractivity contribution in [2.75, 3.05) is 20.8 Å². The maximum Gasteiger partial charge on any atom is 0.403 e. The predicted octanol–water partition coefficient (Wildman–Crippen LogP) is 1.51. The quantitative estimate of drug-likeness (QED) is 0.468. The van der Waals surface area contributed by atoms with E-state index in [4.69, 9.17) is 0 Å². The Morgan fingerprint density at radius 3 is 1.91 bits per heavy atom. The second-order valence-corrected chi connectivity index (χ2v) is 7.71. The molecule has 6 heteroatoms. The summed E-state index contributed by atoms with van der Waals surface area (Å²) < 4.78 is 1.42. The van der Waals surface area contributed by atoms with Crippen molar-refractivity contribution in [3.05, 3.63) is 0 Å². The molecule has 0 aromatic carbocycles. The van der Waals surface area contributed by atoms with Gasteiger partial charge in [0.1, 0.15) is 0 Å². The molecule has 1 rings (SSSR count). The molecule has 1 aliphatic heterocycles. The van der Waals surface area contributed by atoms with E-state index in [0.717, 1.165) is 4.90 Å². The number of hydrogen-bond acceptors (Lipinski definition) is 3. The van der Waals surface area contributed by atoms with Gasteiger partial charge in [0.05, 0.1) is 6.66 Å². The van der Waals surface area contributed by atoms with Crippen LogP contribution in [0.4, 0.5) is 9.59 Å². The number of carbonyl (C=O) groups excluding carboxylic acids is 2. The molecule has 0 radical (unpaired) electrons. The molecule has 1 fully saturated rings. The third-order valence-electron chi connectivity index (χ3n) is 1.80. The van der Waals surface area contributed by atoms with Crippen LogP contribution in [0.1, 0.15) is 0 Å². The van der Waals surface area contributed by atoms with Crippen molar-refractivity contribution in [1.29, 1.82) is 0 Å². The third-order valence-corrected chi connectivity index (χ3v) is 5.48. The summed E-state index contributed by atoms with van der Waals surface area (Å²) in [7, 11) is 3.08. The predicted molar refractivity (Wildman–Crippen MR) is 48.1 cm³/mol. The van der Waals surface area contributed by atoms with Gasteiger partial charge in [0.15, 0.2) is 0 Å². The smallest absolute Gasteiger partial charge is 0.244 e. The van der Waals surface area contributed by atoms with E-state index in [0.29, 0.717) is 0 Å². The Morgan fingerprint density at radius 1 is 1.36 bits per heavy atom. The number of urea groups is 1. The van der Waals surface area contributed by atoms with E-state index in [9.17, 15) is 9.59 Å². The van der Waals surface area contributed by atoms with Crippen molar-refractivity contribution in [2.45, 2.75) is 0 Å². The number of nitrogens with zero attached hydrogens (tertiary/aromatic N) is 2. The van der Waals surface area contributed by atoms with Crippen LogP contribution in [0.15, 0.2) is 0 Å². The van der Waals surface area contributed by atoms with Gasteiger partial charge in [-0.1, -0.05) is 0 Å². The lowest BCUT2D eigenvalue weighted by atomic mass is 10.8. The zero-order chi connectivity index (χ0) is 8.81. The molecule has 1 atom stereocenters. The summed E-state index contributed by atoms with van der Waals surface area (Å²) in [6, 6.07) is -0.263. The molecular weight excluding hydrogens is 183 g/mol. The molecule has 0 aromatic rings. The summed E-state index contributed by atoms with van der Waals surface area (Å²) in [6.45, 7) is -0.414. The molecule has 0 aliphatic carbocycles. The Kier molecular flexibility index (Phi) is 1.89. The minimum Gasteiger partial charge on any atom is -0.244 e. The van der Waals surface area contributed by atoms with E-state index in [1.807, 2.05) is 0 Å². The van der Waals surface area contributed by atoms with Gasteiger partial charge < -0.3 is 0 Å². The Labute approximate surface area is 71.1 Å². The Balaban J connectivity index is 3.06. The number of imide groups is 1. The van der Waals surface area contributed by atoms with Crippen molar-refractivity contribution in [1.82, 2.24) is 9.57 Å². The highest BCUT2D eigenvalue weighted by molar-refractivity contribution is 8.57. The molecule has 1 aliphatic rings. The van der Waals surface area contributed by atoms with Crippen LogP contribution >= 0.6 is 18.9 Å². The molecule has 1 unspecified atom stereocenters. The van der Waals surface area contributed by atoms with Crippen LogP contribution in [0, 0.1) is 0 Å². The second kappa shape index (κ2) is 2.35. The van der Waals surface area contributed by atoms with Crippen molar-refractivity contribution in [2.24, 2.45) is 0 Å². The first-order valence-corrected chi connectivity index (χ1v) is 6.39. The number of rotatable bonds is 0. The summed E-state index contributed by atoms with van der Waals surface area (Å²) in [5.41, 5.74) is -0.173. The van der Waals surface area contributed by atoms with Gasteiger partial charge in [0.25, 0.3) is 6.62 Å². The van der Waals surface area contributed by atoms with E-state index < -0.39 is 6.62 Å². The number of thiol groups is 1. The fourth-order valence-corrected chi connectivity index (χ4v) is 2.89. The first-order chi connectivity index (χ1) is 4.89. The Bertz CT molecular complexity index is 231. The molecule has 1 heterocycles. The zero-order valence-electron chi connectivity index (χ0n) is 6.61. The Morgan fingerprint density at radius 2 is 1.82 bits per heavy atom. The maximum atomic E-state index is 11.3. The lowest BCUT2D eigenvalue weighted by molar-refractivity contribution is 0.204. The van der Waals surface area contributed by atoms with Gasteiger partial charge in [-0.25, -0.2) is 14.5 Å². The monoisotopic (exact) mass is 193 g/mol. The first-order valence-electron chi connectivity index (χ1n) is 3.04. The average molecular weight is 193 g/mol. The second-order valence-electron chi connectivity index (χ2n) is 2.56. The maximum absolute atomic E-state index is 11.3. The fourth-order valence-electron chi connectivity index (χ4n) is 0.878. The third kappa shape index (κ3) is 1.03. The molecule has 62 valence electrons. The first kappa shape index (κ1) is 8.81. The van der Waals surface area contributed by atoms with Crippen LogP contribution in [0.3, 0.4) is 0 Å². The van der Waals surface area contributed by atoms with Crippen LogP contribution in [-0.4, -0.2) is 42.0 Å². The highest BCUT2D eigenvalue weighted by atomic mass is 32.7. The highest BCUT2D eigenvalue weighted by Gasteiger charge is 2.57. The molecule has 0 N–H and O–H groups in total. The van der Waals surface area contributed by atoms with Gasteiger partial charge in [0.2, 0.25) is 0 Å². The molecule has 0 aromatic heterocycles. The van der Waals surface area contributed by atoms with E-state index in [1.165, 1.54) is 11.7 Å². The van der Waals surface area contributed by atoms with Crippen molar-refractivity contribution in [3.8, 4) is 0 Å². The lowest BCUT2D eigenvalue weighted by Gasteiger charge is -2.10. The summed E-state index contributed by atoms with van der Waals surface area (Å²) >= 11 is 4.18. The summed E-state index contributed by atoms with van der Waals surface area (Å²) in [6.07, 6.45) is 0. The average Bonchev–Trinajstić information content (AvgIpc) is 2.06. The van der Waals surface area contributed by atoms with Crippen molar-refractivity contribution < 1.29 is 9.59 Å². The molecule has 11 heavy (non-hydrogen) atoms. The molecule has 4 nitrogen and oxygen atoms in total. The van der Waals surface area contributed by atoms with E-state index in [-0.39, 0.29) is 11.7 Å². The van der Waals surface area contributed by atoms with Crippen molar-refractivity contribution in [3.63, 3.8) is 0 Å². The molecule has 0 saturated carbocycles. The van der Waals surface area contributed by atoms with Gasteiger partial charge in [-0.05, 0) is 0 Å². The van der Waals surface area contributed by atoms with Gasteiger partial charge in [-0.15, -0.1) is 0 Å². The fraction of sp³-hybridized carbons (Fsp3) is 0.600.